The van der Waals surface area contributed by atoms with E-state index in [4.69, 9.17) is 18.0 Å². The first kappa shape index (κ1) is 15.9. The summed E-state index contributed by atoms with van der Waals surface area (Å²) in [6, 6.07) is 9.85. The highest BCUT2D eigenvalue weighted by Crippen LogP contribution is 2.26. The topological polar surface area (TPSA) is 29.3 Å². The van der Waals surface area contributed by atoms with E-state index in [0.717, 1.165) is 22.2 Å². The molecule has 2 nitrogen and oxygen atoms in total. The predicted octanol–water partition coefficient (Wildman–Crippen LogP) is 4.00. The van der Waals surface area contributed by atoms with Crippen molar-refractivity contribution in [2.45, 2.75) is 6.54 Å². The first-order valence-electron chi connectivity index (χ1n) is 6.13. The average molecular weight is 371 g/mol. The van der Waals surface area contributed by atoms with Gasteiger partial charge in [0.25, 0.3) is 0 Å². The van der Waals surface area contributed by atoms with E-state index in [0.29, 0.717) is 6.54 Å². The van der Waals surface area contributed by atoms with Crippen molar-refractivity contribution >= 4 is 38.8 Å². The summed E-state index contributed by atoms with van der Waals surface area (Å²) in [5, 5.41) is 0. The smallest absolute Gasteiger partial charge is 0.150 e. The number of hydrogen-bond donors (Lipinski definition) is 1. The molecule has 0 spiro atoms. The standard InChI is InChI=1S/C15H13BrF2N2S/c1-20(8-9-3-2-4-11(16)5-9)14-12(17)6-10(15(19)21)7-13(14)18/h2-7H,8H2,1H3,(H2,19,21). The minimum Gasteiger partial charge on any atom is -0.389 e. The molecule has 0 aliphatic carbocycles. The van der Waals surface area contributed by atoms with Crippen molar-refractivity contribution in [1.82, 2.24) is 0 Å². The van der Waals surface area contributed by atoms with Crippen LogP contribution in [-0.4, -0.2) is 12.0 Å². The minimum absolute atomic E-state index is 0.0333. The van der Waals surface area contributed by atoms with Crippen molar-refractivity contribution in [1.29, 1.82) is 0 Å². The Bertz CT molecular complexity index is 668. The quantitative estimate of drug-likeness (QED) is 0.824. The maximum Gasteiger partial charge on any atom is 0.150 e. The molecule has 21 heavy (non-hydrogen) atoms. The summed E-state index contributed by atoms with van der Waals surface area (Å²) in [4.78, 5) is 1.48. The van der Waals surface area contributed by atoms with Gasteiger partial charge in [0.1, 0.15) is 22.3 Å². The highest BCUT2D eigenvalue weighted by atomic mass is 79.9. The summed E-state index contributed by atoms with van der Waals surface area (Å²) in [6.45, 7) is 0.375. The largest absolute Gasteiger partial charge is 0.389 e. The van der Waals surface area contributed by atoms with Crippen LogP contribution in [0.2, 0.25) is 0 Å². The molecule has 0 aliphatic rings. The van der Waals surface area contributed by atoms with Gasteiger partial charge in [0.05, 0.1) is 0 Å². The average Bonchev–Trinajstić information content (AvgIpc) is 2.37. The zero-order chi connectivity index (χ0) is 15.6. The molecular weight excluding hydrogens is 358 g/mol. The number of benzene rings is 2. The molecule has 2 N–H and O–H groups in total. The Balaban J connectivity index is 2.31. The fraction of sp³-hybridized carbons (Fsp3) is 0.133. The van der Waals surface area contributed by atoms with Crippen LogP contribution in [0.15, 0.2) is 40.9 Å². The summed E-state index contributed by atoms with van der Waals surface area (Å²) in [6.07, 6.45) is 0. The second kappa shape index (κ2) is 6.49. The van der Waals surface area contributed by atoms with Crippen LogP contribution >= 0.6 is 28.1 Å². The van der Waals surface area contributed by atoms with Crippen LogP contribution in [0.25, 0.3) is 0 Å². The van der Waals surface area contributed by atoms with E-state index in [1.165, 1.54) is 4.90 Å². The molecule has 0 atom stereocenters. The van der Waals surface area contributed by atoms with Crippen LogP contribution < -0.4 is 10.6 Å². The molecule has 0 fully saturated rings. The SMILES string of the molecule is CN(Cc1cccc(Br)c1)c1c(F)cc(C(N)=S)cc1F. The molecule has 0 aromatic heterocycles. The van der Waals surface area contributed by atoms with Crippen LogP contribution in [0.1, 0.15) is 11.1 Å². The van der Waals surface area contributed by atoms with Crippen LogP contribution in [0, 0.1) is 11.6 Å². The fourth-order valence-electron chi connectivity index (χ4n) is 2.06. The van der Waals surface area contributed by atoms with Gasteiger partial charge in [0.2, 0.25) is 0 Å². The van der Waals surface area contributed by atoms with E-state index in [-0.39, 0.29) is 16.2 Å². The summed E-state index contributed by atoms with van der Waals surface area (Å²) in [5.74, 6) is -1.37. The van der Waals surface area contributed by atoms with Gasteiger partial charge in [0.15, 0.2) is 0 Å². The molecule has 0 saturated heterocycles. The van der Waals surface area contributed by atoms with Crippen molar-refractivity contribution < 1.29 is 8.78 Å². The summed E-state index contributed by atoms with van der Waals surface area (Å²) < 4.78 is 29.1. The summed E-state index contributed by atoms with van der Waals surface area (Å²) >= 11 is 8.10. The molecule has 0 aliphatic heterocycles. The van der Waals surface area contributed by atoms with Gasteiger partial charge in [-0.2, -0.15) is 0 Å². The maximum atomic E-state index is 14.1. The Morgan fingerprint density at radius 3 is 2.38 bits per heavy atom. The second-order valence-corrected chi connectivity index (χ2v) is 5.99. The number of nitrogens with two attached hydrogens (primary N) is 1. The van der Waals surface area contributed by atoms with Gasteiger partial charge in [-0.3, -0.25) is 0 Å². The third kappa shape index (κ3) is 3.77. The van der Waals surface area contributed by atoms with Gasteiger partial charge in [0, 0.05) is 23.6 Å². The molecule has 2 aromatic rings. The van der Waals surface area contributed by atoms with Crippen molar-refractivity contribution in [3.05, 3.63) is 63.6 Å². The summed E-state index contributed by atoms with van der Waals surface area (Å²) in [5.41, 5.74) is 6.41. The van der Waals surface area contributed by atoms with E-state index in [1.54, 1.807) is 7.05 Å². The zero-order valence-corrected chi connectivity index (χ0v) is 13.6. The number of anilines is 1. The van der Waals surface area contributed by atoms with E-state index in [1.807, 2.05) is 24.3 Å². The van der Waals surface area contributed by atoms with Crippen LogP contribution in [0.4, 0.5) is 14.5 Å². The first-order valence-corrected chi connectivity index (χ1v) is 7.33. The number of rotatable bonds is 4. The molecular formula is C15H13BrF2N2S. The van der Waals surface area contributed by atoms with Gasteiger partial charge in [-0.1, -0.05) is 40.3 Å². The molecule has 0 radical (unpaired) electrons. The van der Waals surface area contributed by atoms with Gasteiger partial charge in [-0.15, -0.1) is 0 Å². The van der Waals surface area contributed by atoms with Crippen molar-refractivity contribution in [2.24, 2.45) is 5.73 Å². The first-order chi connectivity index (χ1) is 9.88. The molecule has 0 amide bonds. The zero-order valence-electron chi connectivity index (χ0n) is 11.2. The van der Waals surface area contributed by atoms with Crippen molar-refractivity contribution in [2.75, 3.05) is 11.9 Å². The molecule has 2 rings (SSSR count). The number of thiocarbonyl (C=S) groups is 1. The second-order valence-electron chi connectivity index (χ2n) is 4.64. The van der Waals surface area contributed by atoms with Crippen LogP contribution in [-0.2, 0) is 6.54 Å². The van der Waals surface area contributed by atoms with Gasteiger partial charge < -0.3 is 10.6 Å². The van der Waals surface area contributed by atoms with E-state index in [9.17, 15) is 8.78 Å². The number of halogens is 3. The van der Waals surface area contributed by atoms with Crippen molar-refractivity contribution in [3.63, 3.8) is 0 Å². The molecule has 0 saturated carbocycles. The van der Waals surface area contributed by atoms with E-state index >= 15 is 0 Å². The minimum atomic E-state index is -0.685. The fourth-order valence-corrected chi connectivity index (χ4v) is 2.63. The van der Waals surface area contributed by atoms with Gasteiger partial charge >= 0.3 is 0 Å². The highest BCUT2D eigenvalue weighted by Gasteiger charge is 2.16. The predicted molar refractivity (Wildman–Crippen MR) is 88.5 cm³/mol. The van der Waals surface area contributed by atoms with Crippen LogP contribution in [0.3, 0.4) is 0 Å². The monoisotopic (exact) mass is 370 g/mol. The lowest BCUT2D eigenvalue weighted by atomic mass is 10.1. The Morgan fingerprint density at radius 2 is 1.86 bits per heavy atom. The lowest BCUT2D eigenvalue weighted by Gasteiger charge is -2.21. The molecule has 110 valence electrons. The van der Waals surface area contributed by atoms with Gasteiger partial charge in [-0.05, 0) is 29.8 Å². The molecule has 0 unspecified atom stereocenters. The third-order valence-corrected chi connectivity index (χ3v) is 3.72. The molecule has 0 heterocycles. The number of hydrogen-bond acceptors (Lipinski definition) is 2. The lowest BCUT2D eigenvalue weighted by molar-refractivity contribution is 0.576. The van der Waals surface area contributed by atoms with E-state index in [2.05, 4.69) is 15.9 Å². The maximum absolute atomic E-state index is 14.1. The molecule has 6 heteroatoms. The Hall–Kier alpha value is -1.53. The Labute approximate surface area is 135 Å². The molecule has 2 aromatic carbocycles. The third-order valence-electron chi connectivity index (χ3n) is 2.99. The number of nitrogens with zero attached hydrogens (tertiary/aromatic N) is 1. The Morgan fingerprint density at radius 1 is 1.24 bits per heavy atom. The highest BCUT2D eigenvalue weighted by molar-refractivity contribution is 9.10. The lowest BCUT2D eigenvalue weighted by Crippen LogP contribution is -2.20. The van der Waals surface area contributed by atoms with E-state index < -0.39 is 11.6 Å². The molecule has 0 bridgehead atoms. The van der Waals surface area contributed by atoms with Gasteiger partial charge in [-0.25, -0.2) is 8.78 Å². The summed E-state index contributed by atoms with van der Waals surface area (Å²) in [7, 11) is 1.63. The van der Waals surface area contributed by atoms with Crippen molar-refractivity contribution in [3.8, 4) is 0 Å². The van der Waals surface area contributed by atoms with Crippen LogP contribution in [0.5, 0.6) is 0 Å². The Kier molecular flexibility index (Phi) is 4.90. The normalized spacial score (nSPS) is 10.5.